The lowest BCUT2D eigenvalue weighted by Gasteiger charge is -2.34. The summed E-state index contributed by atoms with van der Waals surface area (Å²) in [7, 11) is 2.10. The number of likely N-dealkylation sites (N-methyl/N-ethyl adjacent to an activating group) is 1. The number of aromatic hydroxyl groups is 1. The van der Waals surface area contributed by atoms with Crippen LogP contribution in [0.15, 0.2) is 40.6 Å². The van der Waals surface area contributed by atoms with Crippen LogP contribution in [0.3, 0.4) is 0 Å². The highest BCUT2D eigenvalue weighted by Gasteiger charge is 2.19. The number of primary amides is 1. The molecule has 1 aliphatic rings. The van der Waals surface area contributed by atoms with E-state index in [4.69, 9.17) is 5.73 Å². The maximum Gasteiger partial charge on any atom is 0.356 e. The molecule has 23 heavy (non-hydrogen) atoms. The molecule has 2 amide bonds. The first kappa shape index (κ1) is 15.2. The first-order valence-corrected chi connectivity index (χ1v) is 7.45. The Morgan fingerprint density at radius 3 is 2.48 bits per heavy atom. The number of azo groups is 1. The van der Waals surface area contributed by atoms with Crippen LogP contribution >= 0.6 is 0 Å². The van der Waals surface area contributed by atoms with Gasteiger partial charge in [-0.3, -0.25) is 0 Å². The van der Waals surface area contributed by atoms with Crippen LogP contribution in [0.4, 0.5) is 16.2 Å². The van der Waals surface area contributed by atoms with E-state index in [0.29, 0.717) is 5.39 Å². The van der Waals surface area contributed by atoms with Crippen molar-refractivity contribution in [2.45, 2.75) is 0 Å². The maximum absolute atomic E-state index is 10.8. The quantitative estimate of drug-likeness (QED) is 0.833. The van der Waals surface area contributed by atoms with Crippen molar-refractivity contribution in [1.82, 2.24) is 4.90 Å². The van der Waals surface area contributed by atoms with Gasteiger partial charge in [-0.15, -0.1) is 5.11 Å². The smallest absolute Gasteiger partial charge is 0.356 e. The van der Waals surface area contributed by atoms with Crippen molar-refractivity contribution in [3.05, 3.63) is 30.3 Å². The number of hydrogen-bond donors (Lipinski definition) is 2. The Morgan fingerprint density at radius 1 is 1.17 bits per heavy atom. The fourth-order valence-electron chi connectivity index (χ4n) is 2.81. The summed E-state index contributed by atoms with van der Waals surface area (Å²) in [5.41, 5.74) is 6.23. The van der Waals surface area contributed by atoms with Crippen LogP contribution < -0.4 is 10.6 Å². The van der Waals surface area contributed by atoms with Crippen molar-refractivity contribution in [2.24, 2.45) is 16.0 Å². The minimum absolute atomic E-state index is 0.00322. The van der Waals surface area contributed by atoms with E-state index < -0.39 is 6.03 Å². The van der Waals surface area contributed by atoms with Crippen LogP contribution in [0.25, 0.3) is 10.8 Å². The predicted molar refractivity (Wildman–Crippen MR) is 89.4 cm³/mol. The van der Waals surface area contributed by atoms with E-state index in [9.17, 15) is 9.90 Å². The second-order valence-electron chi connectivity index (χ2n) is 5.64. The molecule has 2 aromatic carbocycles. The highest BCUT2D eigenvalue weighted by atomic mass is 16.3. The second kappa shape index (κ2) is 6.21. The molecule has 0 aromatic heterocycles. The third-order valence-electron chi connectivity index (χ3n) is 4.07. The molecular weight excluding hydrogens is 294 g/mol. The molecule has 2 aromatic rings. The summed E-state index contributed by atoms with van der Waals surface area (Å²) in [6.07, 6.45) is 0. The Balaban J connectivity index is 2.11. The summed E-state index contributed by atoms with van der Waals surface area (Å²) in [5.74, 6) is 0.00322. The fourth-order valence-corrected chi connectivity index (χ4v) is 2.81. The molecule has 0 aliphatic carbocycles. The predicted octanol–water partition coefficient (Wildman–Crippen LogP) is 2.46. The number of phenols is 1. The van der Waals surface area contributed by atoms with E-state index in [0.717, 1.165) is 37.3 Å². The summed E-state index contributed by atoms with van der Waals surface area (Å²) in [5, 5.41) is 19.2. The number of carbonyl (C=O) groups excluding carboxylic acids is 1. The Morgan fingerprint density at radius 2 is 1.83 bits per heavy atom. The molecule has 120 valence electrons. The van der Waals surface area contributed by atoms with E-state index in [1.54, 1.807) is 6.07 Å². The molecule has 0 radical (unpaired) electrons. The average Bonchev–Trinajstić information content (AvgIpc) is 2.55. The molecule has 7 heteroatoms. The van der Waals surface area contributed by atoms with Crippen LogP contribution in [0.2, 0.25) is 0 Å². The number of hydrogen-bond acceptors (Lipinski definition) is 5. The van der Waals surface area contributed by atoms with Crippen molar-refractivity contribution < 1.29 is 9.90 Å². The number of carbonyl (C=O) groups is 1. The van der Waals surface area contributed by atoms with Gasteiger partial charge in [0, 0.05) is 42.6 Å². The number of phenolic OH excluding ortho intramolecular Hbond substituents is 1. The number of anilines is 1. The Hall–Kier alpha value is -2.67. The van der Waals surface area contributed by atoms with Gasteiger partial charge in [-0.2, -0.15) is 0 Å². The third-order valence-corrected chi connectivity index (χ3v) is 4.07. The Kier molecular flexibility index (Phi) is 4.12. The van der Waals surface area contributed by atoms with Crippen LogP contribution in [-0.2, 0) is 0 Å². The number of benzene rings is 2. The van der Waals surface area contributed by atoms with Crippen LogP contribution in [0.5, 0.6) is 5.75 Å². The molecule has 7 nitrogen and oxygen atoms in total. The number of nitrogens with two attached hydrogens (primary N) is 1. The molecule has 0 spiro atoms. The fraction of sp³-hybridized carbons (Fsp3) is 0.312. The molecule has 0 unspecified atom stereocenters. The van der Waals surface area contributed by atoms with Crippen molar-refractivity contribution in [3.8, 4) is 5.75 Å². The molecule has 0 atom stereocenters. The van der Waals surface area contributed by atoms with Gasteiger partial charge in [0.05, 0.1) is 0 Å². The van der Waals surface area contributed by atoms with Crippen molar-refractivity contribution in [1.29, 1.82) is 0 Å². The van der Waals surface area contributed by atoms with Gasteiger partial charge < -0.3 is 20.6 Å². The van der Waals surface area contributed by atoms with E-state index in [1.807, 2.05) is 24.3 Å². The second-order valence-corrected chi connectivity index (χ2v) is 5.64. The molecule has 0 saturated carbocycles. The zero-order chi connectivity index (χ0) is 16.4. The van der Waals surface area contributed by atoms with Crippen LogP contribution in [-0.4, -0.2) is 49.3 Å². The van der Waals surface area contributed by atoms with Gasteiger partial charge in [-0.25, -0.2) is 4.79 Å². The largest absolute Gasteiger partial charge is 0.505 e. The zero-order valence-electron chi connectivity index (χ0n) is 12.9. The Labute approximate surface area is 134 Å². The van der Waals surface area contributed by atoms with Crippen molar-refractivity contribution in [3.63, 3.8) is 0 Å². The standard InChI is InChI=1S/C16H19N5O2/c1-20-6-8-21(9-7-20)14-10-13(18-19-16(17)23)15(22)12-5-3-2-4-11(12)14/h2-5,10,22H,6-9H2,1H3,(H2,17,23). The monoisotopic (exact) mass is 313 g/mol. The van der Waals surface area contributed by atoms with E-state index in [-0.39, 0.29) is 11.4 Å². The lowest BCUT2D eigenvalue weighted by molar-refractivity contribution is 0.255. The highest BCUT2D eigenvalue weighted by molar-refractivity contribution is 6.01. The van der Waals surface area contributed by atoms with Gasteiger partial charge in [0.1, 0.15) is 5.69 Å². The van der Waals surface area contributed by atoms with E-state index in [2.05, 4.69) is 27.1 Å². The lowest BCUT2D eigenvalue weighted by Crippen LogP contribution is -2.44. The minimum atomic E-state index is -0.890. The molecule has 3 rings (SSSR count). The number of rotatable bonds is 2. The first-order chi connectivity index (χ1) is 11.1. The van der Waals surface area contributed by atoms with E-state index >= 15 is 0 Å². The van der Waals surface area contributed by atoms with Crippen molar-refractivity contribution >= 4 is 28.2 Å². The average molecular weight is 313 g/mol. The molecule has 1 heterocycles. The van der Waals surface area contributed by atoms with Crippen LogP contribution in [0, 0.1) is 0 Å². The minimum Gasteiger partial charge on any atom is -0.505 e. The SMILES string of the molecule is CN1CCN(c2cc(N=NC(N)=O)c(O)c3ccccc23)CC1. The maximum atomic E-state index is 10.8. The number of amides is 2. The lowest BCUT2D eigenvalue weighted by atomic mass is 10.0. The molecule has 1 fully saturated rings. The number of urea groups is 1. The summed E-state index contributed by atoms with van der Waals surface area (Å²) in [4.78, 5) is 15.4. The van der Waals surface area contributed by atoms with Gasteiger partial charge in [0.15, 0.2) is 5.75 Å². The van der Waals surface area contributed by atoms with Crippen molar-refractivity contribution in [2.75, 3.05) is 38.1 Å². The summed E-state index contributed by atoms with van der Waals surface area (Å²) in [6, 6.07) is 8.45. The molecule has 3 N–H and O–H groups in total. The van der Waals surface area contributed by atoms with Gasteiger partial charge in [0.2, 0.25) is 0 Å². The van der Waals surface area contributed by atoms with Gasteiger partial charge in [0.25, 0.3) is 0 Å². The van der Waals surface area contributed by atoms with Crippen LogP contribution in [0.1, 0.15) is 0 Å². The molecular formula is C16H19N5O2. The zero-order valence-corrected chi connectivity index (χ0v) is 12.9. The first-order valence-electron chi connectivity index (χ1n) is 7.45. The molecule has 1 saturated heterocycles. The van der Waals surface area contributed by atoms with Gasteiger partial charge in [-0.1, -0.05) is 29.4 Å². The molecule has 0 bridgehead atoms. The van der Waals surface area contributed by atoms with Gasteiger partial charge in [-0.05, 0) is 13.1 Å². The number of fused-ring (bicyclic) bond motifs is 1. The third kappa shape index (κ3) is 3.09. The van der Waals surface area contributed by atoms with E-state index in [1.165, 1.54) is 0 Å². The number of piperazine rings is 1. The highest BCUT2D eigenvalue weighted by Crippen LogP contribution is 2.41. The van der Waals surface area contributed by atoms with Gasteiger partial charge >= 0.3 is 6.03 Å². The summed E-state index contributed by atoms with van der Waals surface area (Å²) < 4.78 is 0. The topological polar surface area (TPSA) is 94.5 Å². The number of nitrogens with zero attached hydrogens (tertiary/aromatic N) is 4. The molecule has 1 aliphatic heterocycles. The Bertz CT molecular complexity index is 766. The normalized spacial score (nSPS) is 16.3. The summed E-state index contributed by atoms with van der Waals surface area (Å²) >= 11 is 0. The summed E-state index contributed by atoms with van der Waals surface area (Å²) in [6.45, 7) is 3.70.